The number of rotatable bonds is 4. The van der Waals surface area contributed by atoms with Gasteiger partial charge >= 0.3 is 0 Å². The number of benzene rings is 2. The van der Waals surface area contributed by atoms with Gasteiger partial charge in [0, 0.05) is 29.1 Å². The quantitative estimate of drug-likeness (QED) is 0.720. The van der Waals surface area contributed by atoms with Crippen molar-refractivity contribution in [1.29, 1.82) is 0 Å². The molecule has 0 saturated heterocycles. The molecule has 0 fully saturated rings. The van der Waals surface area contributed by atoms with Crippen molar-refractivity contribution in [2.24, 2.45) is 0 Å². The topological polar surface area (TPSA) is 24.9 Å². The summed E-state index contributed by atoms with van der Waals surface area (Å²) in [4.78, 5) is 4.44. The standard InChI is InChI=1S/C19H19BrN2/c1-13-5-3-6-17(18(13)20)12-21-11-15-9-14(2)19-16(10-15)7-4-8-22-19/h3-10,21H,11-12H2,1-2H3. The zero-order valence-corrected chi connectivity index (χ0v) is 14.4. The number of hydrogen-bond acceptors (Lipinski definition) is 2. The van der Waals surface area contributed by atoms with E-state index < -0.39 is 0 Å². The van der Waals surface area contributed by atoms with Crippen molar-refractivity contribution < 1.29 is 0 Å². The number of nitrogens with one attached hydrogen (secondary N) is 1. The van der Waals surface area contributed by atoms with Gasteiger partial charge in [0.1, 0.15) is 0 Å². The molecule has 0 unspecified atom stereocenters. The molecule has 2 nitrogen and oxygen atoms in total. The largest absolute Gasteiger partial charge is 0.309 e. The molecule has 22 heavy (non-hydrogen) atoms. The van der Waals surface area contributed by atoms with Crippen LogP contribution in [0.25, 0.3) is 10.9 Å². The van der Waals surface area contributed by atoms with Gasteiger partial charge in [-0.1, -0.05) is 46.3 Å². The Labute approximate surface area is 139 Å². The molecule has 0 spiro atoms. The summed E-state index contributed by atoms with van der Waals surface area (Å²) in [5.41, 5.74) is 6.17. The van der Waals surface area contributed by atoms with Crippen molar-refractivity contribution in [3.63, 3.8) is 0 Å². The minimum Gasteiger partial charge on any atom is -0.309 e. The smallest absolute Gasteiger partial charge is 0.0731 e. The van der Waals surface area contributed by atoms with Crippen molar-refractivity contribution in [3.05, 3.63) is 75.4 Å². The van der Waals surface area contributed by atoms with Crippen LogP contribution in [0.1, 0.15) is 22.3 Å². The van der Waals surface area contributed by atoms with Gasteiger partial charge in [0.2, 0.25) is 0 Å². The maximum Gasteiger partial charge on any atom is 0.0731 e. The zero-order valence-electron chi connectivity index (χ0n) is 12.9. The summed E-state index contributed by atoms with van der Waals surface area (Å²) < 4.78 is 1.20. The molecule has 0 aliphatic carbocycles. The summed E-state index contributed by atoms with van der Waals surface area (Å²) >= 11 is 3.66. The van der Waals surface area contributed by atoms with Crippen LogP contribution in [0.4, 0.5) is 0 Å². The van der Waals surface area contributed by atoms with Gasteiger partial charge in [0.25, 0.3) is 0 Å². The number of fused-ring (bicyclic) bond motifs is 1. The fourth-order valence-corrected chi connectivity index (χ4v) is 3.14. The second-order valence-electron chi connectivity index (χ2n) is 5.64. The van der Waals surface area contributed by atoms with Crippen molar-refractivity contribution in [1.82, 2.24) is 10.3 Å². The summed E-state index contributed by atoms with van der Waals surface area (Å²) in [7, 11) is 0. The van der Waals surface area contributed by atoms with Crippen LogP contribution in [0.2, 0.25) is 0 Å². The van der Waals surface area contributed by atoms with Gasteiger partial charge < -0.3 is 5.32 Å². The zero-order chi connectivity index (χ0) is 15.5. The van der Waals surface area contributed by atoms with E-state index in [2.05, 4.69) is 76.5 Å². The number of nitrogens with zero attached hydrogens (tertiary/aromatic N) is 1. The van der Waals surface area contributed by atoms with Crippen molar-refractivity contribution in [2.75, 3.05) is 0 Å². The fraction of sp³-hybridized carbons (Fsp3) is 0.211. The van der Waals surface area contributed by atoms with Crippen LogP contribution in [-0.4, -0.2) is 4.98 Å². The molecule has 0 radical (unpaired) electrons. The van der Waals surface area contributed by atoms with Gasteiger partial charge in [-0.05, 0) is 48.2 Å². The first-order valence-electron chi connectivity index (χ1n) is 7.44. The highest BCUT2D eigenvalue weighted by atomic mass is 79.9. The van der Waals surface area contributed by atoms with Crippen LogP contribution in [-0.2, 0) is 13.1 Å². The Morgan fingerprint density at radius 2 is 1.86 bits per heavy atom. The lowest BCUT2D eigenvalue weighted by Gasteiger charge is -2.10. The number of aryl methyl sites for hydroxylation is 2. The first-order chi connectivity index (χ1) is 10.6. The Hall–Kier alpha value is -1.71. The van der Waals surface area contributed by atoms with Crippen molar-refractivity contribution in [3.8, 4) is 0 Å². The Morgan fingerprint density at radius 3 is 2.73 bits per heavy atom. The van der Waals surface area contributed by atoms with Gasteiger partial charge in [-0.25, -0.2) is 0 Å². The van der Waals surface area contributed by atoms with E-state index in [0.717, 1.165) is 18.6 Å². The minimum atomic E-state index is 0.853. The summed E-state index contributed by atoms with van der Waals surface area (Å²) in [6, 6.07) is 14.9. The molecule has 112 valence electrons. The molecular formula is C19H19BrN2. The molecule has 2 aromatic carbocycles. The summed E-state index contributed by atoms with van der Waals surface area (Å²) in [5, 5.41) is 4.73. The molecule has 1 aromatic heterocycles. The lowest BCUT2D eigenvalue weighted by molar-refractivity contribution is 0.691. The molecule has 3 heteroatoms. The third-order valence-corrected chi connectivity index (χ3v) is 5.01. The maximum absolute atomic E-state index is 4.44. The Morgan fingerprint density at radius 1 is 1.00 bits per heavy atom. The molecule has 1 heterocycles. The first-order valence-corrected chi connectivity index (χ1v) is 8.23. The predicted molar refractivity (Wildman–Crippen MR) is 95.9 cm³/mol. The van der Waals surface area contributed by atoms with E-state index in [1.54, 1.807) is 0 Å². The average Bonchev–Trinajstić information content (AvgIpc) is 2.52. The summed E-state index contributed by atoms with van der Waals surface area (Å²) in [6.07, 6.45) is 1.85. The molecule has 0 amide bonds. The van der Waals surface area contributed by atoms with E-state index in [0.29, 0.717) is 0 Å². The Balaban J connectivity index is 1.73. The molecule has 1 N–H and O–H groups in total. The lowest BCUT2D eigenvalue weighted by atomic mass is 10.1. The van der Waals surface area contributed by atoms with E-state index in [1.807, 2.05) is 12.3 Å². The van der Waals surface area contributed by atoms with Crippen molar-refractivity contribution >= 4 is 26.8 Å². The summed E-state index contributed by atoms with van der Waals surface area (Å²) in [5.74, 6) is 0. The van der Waals surface area contributed by atoms with Gasteiger partial charge in [-0.15, -0.1) is 0 Å². The van der Waals surface area contributed by atoms with Gasteiger partial charge in [0.05, 0.1) is 5.52 Å². The van der Waals surface area contributed by atoms with Crippen LogP contribution >= 0.6 is 15.9 Å². The van der Waals surface area contributed by atoms with E-state index in [-0.39, 0.29) is 0 Å². The van der Waals surface area contributed by atoms with Gasteiger partial charge in [-0.3, -0.25) is 4.98 Å². The molecule has 0 saturated carbocycles. The van der Waals surface area contributed by atoms with E-state index >= 15 is 0 Å². The molecule has 0 aliphatic heterocycles. The van der Waals surface area contributed by atoms with Gasteiger partial charge in [-0.2, -0.15) is 0 Å². The van der Waals surface area contributed by atoms with Crippen LogP contribution in [0, 0.1) is 13.8 Å². The maximum atomic E-state index is 4.44. The number of hydrogen-bond donors (Lipinski definition) is 1. The highest BCUT2D eigenvalue weighted by Gasteiger charge is 2.04. The third kappa shape index (κ3) is 3.21. The monoisotopic (exact) mass is 354 g/mol. The van der Waals surface area contributed by atoms with Crippen LogP contribution < -0.4 is 5.32 Å². The van der Waals surface area contributed by atoms with E-state index in [9.17, 15) is 0 Å². The van der Waals surface area contributed by atoms with E-state index in [1.165, 1.54) is 32.1 Å². The third-order valence-electron chi connectivity index (χ3n) is 3.87. The van der Waals surface area contributed by atoms with Crippen LogP contribution in [0.3, 0.4) is 0 Å². The molecular weight excluding hydrogens is 336 g/mol. The Kier molecular flexibility index (Phi) is 4.55. The average molecular weight is 355 g/mol. The highest BCUT2D eigenvalue weighted by molar-refractivity contribution is 9.10. The highest BCUT2D eigenvalue weighted by Crippen LogP contribution is 2.21. The molecule has 0 aliphatic rings. The number of aromatic nitrogens is 1. The normalized spacial score (nSPS) is 11.0. The second-order valence-corrected chi connectivity index (χ2v) is 6.43. The lowest BCUT2D eigenvalue weighted by Crippen LogP contribution is -2.13. The first kappa shape index (κ1) is 15.2. The second kappa shape index (κ2) is 6.59. The van der Waals surface area contributed by atoms with Crippen LogP contribution in [0.15, 0.2) is 53.1 Å². The molecule has 3 rings (SSSR count). The predicted octanol–water partition coefficient (Wildman–Crippen LogP) is 4.90. The Bertz CT molecular complexity index is 812. The summed E-state index contributed by atoms with van der Waals surface area (Å²) in [6.45, 7) is 5.95. The molecule has 0 atom stereocenters. The molecule has 0 bridgehead atoms. The number of halogens is 1. The molecule has 3 aromatic rings. The number of pyridine rings is 1. The van der Waals surface area contributed by atoms with Gasteiger partial charge in [0.15, 0.2) is 0 Å². The van der Waals surface area contributed by atoms with Crippen LogP contribution in [0.5, 0.6) is 0 Å². The van der Waals surface area contributed by atoms with E-state index in [4.69, 9.17) is 0 Å². The van der Waals surface area contributed by atoms with Crippen molar-refractivity contribution in [2.45, 2.75) is 26.9 Å². The SMILES string of the molecule is Cc1cccc(CNCc2cc(C)c3ncccc3c2)c1Br. The minimum absolute atomic E-state index is 0.853. The fourth-order valence-electron chi connectivity index (χ4n) is 2.74.